The zero-order valence-electron chi connectivity index (χ0n) is 16.6. The minimum absolute atomic E-state index is 0.257. The van der Waals surface area contributed by atoms with E-state index in [1.165, 1.54) is 18.1 Å². The van der Waals surface area contributed by atoms with Crippen molar-refractivity contribution in [3.8, 4) is 16.8 Å². The predicted octanol–water partition coefficient (Wildman–Crippen LogP) is 5.78. The van der Waals surface area contributed by atoms with Gasteiger partial charge < -0.3 is 9.30 Å². The summed E-state index contributed by atoms with van der Waals surface area (Å²) in [5.74, 6) is -0.257. The van der Waals surface area contributed by atoms with Crippen LogP contribution >= 0.6 is 23.4 Å². The summed E-state index contributed by atoms with van der Waals surface area (Å²) in [5.41, 5.74) is 3.76. The van der Waals surface area contributed by atoms with E-state index in [0.717, 1.165) is 32.9 Å². The Morgan fingerprint density at radius 3 is 2.57 bits per heavy atom. The van der Waals surface area contributed by atoms with E-state index in [0.29, 0.717) is 11.6 Å². The fourth-order valence-corrected chi connectivity index (χ4v) is 4.29. The zero-order valence-corrected chi connectivity index (χ0v) is 18.2. The smallest absolute Gasteiger partial charge is 0.319 e. The summed E-state index contributed by atoms with van der Waals surface area (Å²) in [6.45, 7) is 3.98. The van der Waals surface area contributed by atoms with Gasteiger partial charge in [0.25, 0.3) is 0 Å². The summed E-state index contributed by atoms with van der Waals surface area (Å²) in [6.07, 6.45) is 3.58. The molecule has 4 aromatic rings. The molecule has 0 bridgehead atoms. The number of ether oxygens (including phenoxy) is 1. The van der Waals surface area contributed by atoms with Crippen molar-refractivity contribution in [1.82, 2.24) is 14.5 Å². The van der Waals surface area contributed by atoms with Crippen molar-refractivity contribution in [2.24, 2.45) is 0 Å². The van der Waals surface area contributed by atoms with Crippen molar-refractivity contribution < 1.29 is 9.53 Å². The molecule has 152 valence electrons. The lowest BCUT2D eigenvalue weighted by molar-refractivity contribution is -0.142. The summed E-state index contributed by atoms with van der Waals surface area (Å²) < 4.78 is 7.19. The normalized spacial score (nSPS) is 12.1. The van der Waals surface area contributed by atoms with Gasteiger partial charge in [0, 0.05) is 22.5 Å². The van der Waals surface area contributed by atoms with Crippen molar-refractivity contribution in [2.75, 3.05) is 6.61 Å². The lowest BCUT2D eigenvalue weighted by Gasteiger charge is -2.11. The van der Waals surface area contributed by atoms with Gasteiger partial charge in [0.15, 0.2) is 0 Å². The topological polar surface area (TPSA) is 57.0 Å². The first-order valence-electron chi connectivity index (χ1n) is 9.59. The van der Waals surface area contributed by atoms with Gasteiger partial charge in [-0.2, -0.15) is 0 Å². The molecule has 0 aliphatic heterocycles. The summed E-state index contributed by atoms with van der Waals surface area (Å²) >= 11 is 7.46. The molecular formula is C23H20ClN3O2S. The van der Waals surface area contributed by atoms with Gasteiger partial charge in [-0.15, -0.1) is 0 Å². The van der Waals surface area contributed by atoms with Crippen molar-refractivity contribution in [1.29, 1.82) is 0 Å². The highest BCUT2D eigenvalue weighted by atomic mass is 35.5. The van der Waals surface area contributed by atoms with Gasteiger partial charge in [0.05, 0.1) is 12.0 Å². The molecule has 0 unspecified atom stereocenters. The standard InChI is InChI=1S/C23H20ClN3O2S/c1-3-29-23(28)15(2)30-22-20-19(16-7-5-4-6-8-16)13-27(21(20)25-14-26-22)18-11-9-17(24)10-12-18/h4-15H,3H2,1-2H3/t15-/m1/s1. The second kappa shape index (κ2) is 8.90. The molecule has 0 N–H and O–H groups in total. The second-order valence-corrected chi connectivity index (χ2v) is 8.41. The molecule has 30 heavy (non-hydrogen) atoms. The largest absolute Gasteiger partial charge is 0.465 e. The Labute approximate surface area is 184 Å². The Kier molecular flexibility index (Phi) is 6.06. The highest BCUT2D eigenvalue weighted by molar-refractivity contribution is 8.00. The first-order valence-corrected chi connectivity index (χ1v) is 10.8. The fraction of sp³-hybridized carbons (Fsp3) is 0.174. The van der Waals surface area contributed by atoms with Crippen LogP contribution in [0.15, 0.2) is 72.1 Å². The van der Waals surface area contributed by atoms with Crippen LogP contribution in [0.2, 0.25) is 5.02 Å². The van der Waals surface area contributed by atoms with Gasteiger partial charge >= 0.3 is 5.97 Å². The summed E-state index contributed by atoms with van der Waals surface area (Å²) in [7, 11) is 0. The number of hydrogen-bond acceptors (Lipinski definition) is 5. The highest BCUT2D eigenvalue weighted by Crippen LogP contribution is 2.38. The molecule has 0 fully saturated rings. The molecule has 0 amide bonds. The molecule has 0 radical (unpaired) electrons. The Morgan fingerprint density at radius 1 is 1.13 bits per heavy atom. The lowest BCUT2D eigenvalue weighted by Crippen LogP contribution is -2.16. The van der Waals surface area contributed by atoms with Crippen LogP contribution in [-0.4, -0.2) is 32.4 Å². The van der Waals surface area contributed by atoms with Crippen LogP contribution in [0.1, 0.15) is 13.8 Å². The van der Waals surface area contributed by atoms with Crippen LogP contribution in [0.3, 0.4) is 0 Å². The van der Waals surface area contributed by atoms with E-state index in [4.69, 9.17) is 16.3 Å². The number of nitrogens with zero attached hydrogens (tertiary/aromatic N) is 3. The minimum Gasteiger partial charge on any atom is -0.465 e. The van der Waals surface area contributed by atoms with Gasteiger partial charge in [-0.1, -0.05) is 53.7 Å². The monoisotopic (exact) mass is 437 g/mol. The molecule has 2 aromatic heterocycles. The Morgan fingerprint density at radius 2 is 1.87 bits per heavy atom. The quantitative estimate of drug-likeness (QED) is 0.217. The van der Waals surface area contributed by atoms with Gasteiger partial charge in [-0.3, -0.25) is 4.79 Å². The first-order chi connectivity index (χ1) is 14.6. The number of thioether (sulfide) groups is 1. The van der Waals surface area contributed by atoms with E-state index in [1.54, 1.807) is 6.92 Å². The number of carbonyl (C=O) groups excluding carboxylic acids is 1. The number of fused-ring (bicyclic) bond motifs is 1. The van der Waals surface area contributed by atoms with Crippen LogP contribution in [-0.2, 0) is 9.53 Å². The summed E-state index contributed by atoms with van der Waals surface area (Å²) in [6, 6.07) is 17.7. The number of carbonyl (C=O) groups is 1. The molecule has 4 rings (SSSR count). The molecule has 1 atom stereocenters. The number of esters is 1. The van der Waals surface area contributed by atoms with Gasteiger partial charge in [0.1, 0.15) is 22.3 Å². The van der Waals surface area contributed by atoms with Crippen LogP contribution in [0, 0.1) is 0 Å². The maximum Gasteiger partial charge on any atom is 0.319 e. The van der Waals surface area contributed by atoms with E-state index in [2.05, 4.69) is 28.3 Å². The summed E-state index contributed by atoms with van der Waals surface area (Å²) in [5, 5.41) is 1.94. The van der Waals surface area contributed by atoms with Gasteiger partial charge in [0.2, 0.25) is 0 Å². The summed E-state index contributed by atoms with van der Waals surface area (Å²) in [4.78, 5) is 21.3. The fourth-order valence-electron chi connectivity index (χ4n) is 3.23. The first kappa shape index (κ1) is 20.4. The average molecular weight is 438 g/mol. The second-order valence-electron chi connectivity index (χ2n) is 6.64. The van der Waals surface area contributed by atoms with Gasteiger partial charge in [-0.25, -0.2) is 9.97 Å². The molecule has 5 nitrogen and oxygen atoms in total. The number of rotatable bonds is 6. The van der Waals surface area contributed by atoms with E-state index in [1.807, 2.05) is 54.0 Å². The molecule has 7 heteroatoms. The van der Waals surface area contributed by atoms with Crippen molar-refractivity contribution in [3.05, 3.63) is 72.1 Å². The SMILES string of the molecule is CCOC(=O)[C@@H](C)Sc1ncnc2c1c(-c1ccccc1)cn2-c1ccc(Cl)cc1. The maximum absolute atomic E-state index is 12.2. The van der Waals surface area contributed by atoms with Crippen molar-refractivity contribution in [3.63, 3.8) is 0 Å². The van der Waals surface area contributed by atoms with Crippen LogP contribution in [0.25, 0.3) is 27.8 Å². The maximum atomic E-state index is 12.2. The molecular weight excluding hydrogens is 418 g/mol. The minimum atomic E-state index is -0.384. The van der Waals surface area contributed by atoms with Crippen molar-refractivity contribution in [2.45, 2.75) is 24.1 Å². The molecule has 0 aliphatic rings. The predicted molar refractivity (Wildman–Crippen MR) is 121 cm³/mol. The highest BCUT2D eigenvalue weighted by Gasteiger charge is 2.22. The van der Waals surface area contributed by atoms with Gasteiger partial charge in [-0.05, 0) is 43.7 Å². The molecule has 2 aromatic carbocycles. The molecule has 0 spiro atoms. The Bertz CT molecular complexity index is 1180. The number of halogens is 1. The van der Waals surface area contributed by atoms with Crippen molar-refractivity contribution >= 4 is 40.4 Å². The Balaban J connectivity index is 1.89. The van der Waals surface area contributed by atoms with Crippen LogP contribution < -0.4 is 0 Å². The third-order valence-electron chi connectivity index (χ3n) is 4.64. The third kappa shape index (κ3) is 4.06. The molecule has 2 heterocycles. The zero-order chi connectivity index (χ0) is 21.1. The number of benzene rings is 2. The number of hydrogen-bond donors (Lipinski definition) is 0. The van der Waals surface area contributed by atoms with E-state index >= 15 is 0 Å². The van der Waals surface area contributed by atoms with Crippen LogP contribution in [0.4, 0.5) is 0 Å². The molecule has 0 saturated carbocycles. The van der Waals surface area contributed by atoms with Crippen LogP contribution in [0.5, 0.6) is 0 Å². The van der Waals surface area contributed by atoms with E-state index in [9.17, 15) is 4.79 Å². The molecule has 0 aliphatic carbocycles. The van der Waals surface area contributed by atoms with E-state index < -0.39 is 0 Å². The lowest BCUT2D eigenvalue weighted by atomic mass is 10.1. The number of aromatic nitrogens is 3. The Hall–Kier alpha value is -2.83. The average Bonchev–Trinajstić information content (AvgIpc) is 3.16. The van der Waals surface area contributed by atoms with E-state index in [-0.39, 0.29) is 11.2 Å². The molecule has 0 saturated heterocycles. The third-order valence-corrected chi connectivity index (χ3v) is 5.98.